The molecule has 0 saturated carbocycles. The average molecular weight is 532 g/mol. The highest BCUT2D eigenvalue weighted by atomic mass is 127. The summed E-state index contributed by atoms with van der Waals surface area (Å²) < 4.78 is 1.94. The van der Waals surface area contributed by atoms with Crippen LogP contribution < -0.4 is 10.6 Å². The van der Waals surface area contributed by atoms with Crippen LogP contribution >= 0.6 is 24.0 Å². The van der Waals surface area contributed by atoms with Crippen LogP contribution in [0, 0.1) is 0 Å². The van der Waals surface area contributed by atoms with Gasteiger partial charge in [0.2, 0.25) is 0 Å². The number of nitrogens with one attached hydrogen (secondary N) is 2. The number of benzene rings is 2. The lowest BCUT2D eigenvalue weighted by Crippen LogP contribution is -2.40. The second kappa shape index (κ2) is 13.8. The third-order valence-corrected chi connectivity index (χ3v) is 4.84. The van der Waals surface area contributed by atoms with Crippen molar-refractivity contribution in [3.8, 4) is 0 Å². The van der Waals surface area contributed by atoms with Crippen molar-refractivity contribution in [2.24, 2.45) is 4.99 Å². The third-order valence-electron chi connectivity index (χ3n) is 4.84. The molecule has 166 valence electrons. The van der Waals surface area contributed by atoms with E-state index in [-0.39, 0.29) is 24.0 Å². The number of aromatic nitrogens is 2. The minimum Gasteiger partial charge on any atom is -0.357 e. The molecule has 0 fully saturated rings. The van der Waals surface area contributed by atoms with Crippen molar-refractivity contribution >= 4 is 29.9 Å². The van der Waals surface area contributed by atoms with Crippen molar-refractivity contribution in [2.45, 2.75) is 26.6 Å². The molecule has 0 unspecified atom stereocenters. The average Bonchev–Trinajstić information content (AvgIpc) is 3.27. The van der Waals surface area contributed by atoms with Gasteiger partial charge in [-0.1, -0.05) is 54.6 Å². The lowest BCUT2D eigenvalue weighted by molar-refractivity contribution is 0.331. The van der Waals surface area contributed by atoms with Gasteiger partial charge in [0.25, 0.3) is 0 Å². The highest BCUT2D eigenvalue weighted by molar-refractivity contribution is 14.0. The maximum absolute atomic E-state index is 4.80. The molecule has 0 amide bonds. The Bertz CT molecular complexity index is 895. The number of rotatable bonds is 10. The van der Waals surface area contributed by atoms with Gasteiger partial charge >= 0.3 is 0 Å². The van der Waals surface area contributed by atoms with Gasteiger partial charge in [0.15, 0.2) is 5.96 Å². The molecule has 1 heterocycles. The fourth-order valence-electron chi connectivity index (χ4n) is 3.28. The first-order valence-corrected chi connectivity index (χ1v) is 10.5. The summed E-state index contributed by atoms with van der Waals surface area (Å²) in [6, 6.07) is 20.9. The maximum Gasteiger partial charge on any atom is 0.191 e. The zero-order valence-corrected chi connectivity index (χ0v) is 20.7. The highest BCUT2D eigenvalue weighted by Gasteiger charge is 2.05. The zero-order valence-electron chi connectivity index (χ0n) is 18.4. The number of hydrogen-bond acceptors (Lipinski definition) is 3. The van der Waals surface area contributed by atoms with Crippen molar-refractivity contribution in [1.82, 2.24) is 25.3 Å². The Morgan fingerprint density at radius 2 is 1.74 bits per heavy atom. The van der Waals surface area contributed by atoms with E-state index in [0.717, 1.165) is 38.7 Å². The summed E-state index contributed by atoms with van der Waals surface area (Å²) in [4.78, 5) is 7.11. The zero-order chi connectivity index (χ0) is 21.0. The molecule has 3 rings (SSSR count). The molecule has 2 aromatic carbocycles. The molecule has 7 heteroatoms. The van der Waals surface area contributed by atoms with Crippen LogP contribution in [0.2, 0.25) is 0 Å². The molecular formula is C24H33IN6. The van der Waals surface area contributed by atoms with Crippen LogP contribution in [-0.2, 0) is 19.6 Å². The van der Waals surface area contributed by atoms with Crippen LogP contribution in [0.5, 0.6) is 0 Å². The van der Waals surface area contributed by atoms with Crippen LogP contribution in [0.15, 0.2) is 78.0 Å². The maximum atomic E-state index is 4.80. The lowest BCUT2D eigenvalue weighted by atomic mass is 10.1. The third kappa shape index (κ3) is 8.70. The molecule has 31 heavy (non-hydrogen) atoms. The molecule has 0 aliphatic heterocycles. The van der Waals surface area contributed by atoms with E-state index < -0.39 is 0 Å². The second-order valence-corrected chi connectivity index (χ2v) is 7.32. The van der Waals surface area contributed by atoms with E-state index in [1.807, 2.05) is 23.1 Å². The molecule has 0 atom stereocenters. The normalized spacial score (nSPS) is 11.3. The largest absolute Gasteiger partial charge is 0.357 e. The second-order valence-electron chi connectivity index (χ2n) is 7.32. The summed E-state index contributed by atoms with van der Waals surface area (Å²) in [6.07, 6.45) is 3.79. The van der Waals surface area contributed by atoms with Crippen molar-refractivity contribution in [2.75, 3.05) is 26.7 Å². The Kier molecular flexibility index (Phi) is 11.1. The van der Waals surface area contributed by atoms with E-state index in [1.165, 1.54) is 16.7 Å². The van der Waals surface area contributed by atoms with Crippen molar-refractivity contribution in [1.29, 1.82) is 0 Å². The van der Waals surface area contributed by atoms with E-state index in [4.69, 9.17) is 4.99 Å². The van der Waals surface area contributed by atoms with E-state index in [1.54, 1.807) is 0 Å². The Hall–Kier alpha value is -2.39. The van der Waals surface area contributed by atoms with E-state index in [0.29, 0.717) is 6.54 Å². The molecule has 6 nitrogen and oxygen atoms in total. The van der Waals surface area contributed by atoms with E-state index >= 15 is 0 Å². The number of halogens is 1. The molecule has 1 aromatic heterocycles. The molecule has 0 radical (unpaired) electrons. The van der Waals surface area contributed by atoms with Crippen LogP contribution in [0.25, 0.3) is 0 Å². The molecule has 3 aromatic rings. The first-order valence-electron chi connectivity index (χ1n) is 10.5. The van der Waals surface area contributed by atoms with Gasteiger partial charge in [-0.3, -0.25) is 4.68 Å². The Morgan fingerprint density at radius 1 is 1.00 bits per heavy atom. The SMILES string of the molecule is CCNC(=NCc1ccccc1Cn1cccn1)NCCN(C)Cc1ccccc1.I. The summed E-state index contributed by atoms with van der Waals surface area (Å²) in [6.45, 7) is 7.03. The number of guanidine groups is 1. The fourth-order valence-corrected chi connectivity index (χ4v) is 3.28. The predicted octanol–water partition coefficient (Wildman–Crippen LogP) is 3.74. The Balaban J connectivity index is 0.00000341. The van der Waals surface area contributed by atoms with Gasteiger partial charge in [0.1, 0.15) is 0 Å². The van der Waals surface area contributed by atoms with E-state index in [9.17, 15) is 0 Å². The van der Waals surface area contributed by atoms with Gasteiger partial charge in [-0.15, -0.1) is 24.0 Å². The molecule has 0 aliphatic rings. The summed E-state index contributed by atoms with van der Waals surface area (Å²) >= 11 is 0. The molecule has 0 bridgehead atoms. The molecule has 0 spiro atoms. The van der Waals surface area contributed by atoms with Gasteiger partial charge in [-0.05, 0) is 36.7 Å². The Morgan fingerprint density at radius 3 is 2.45 bits per heavy atom. The molecule has 0 saturated heterocycles. The fraction of sp³-hybridized carbons (Fsp3) is 0.333. The minimum atomic E-state index is 0. The van der Waals surface area contributed by atoms with Gasteiger partial charge < -0.3 is 15.5 Å². The van der Waals surface area contributed by atoms with Gasteiger partial charge in [-0.25, -0.2) is 4.99 Å². The van der Waals surface area contributed by atoms with Crippen LogP contribution in [0.4, 0.5) is 0 Å². The minimum absolute atomic E-state index is 0. The predicted molar refractivity (Wildman–Crippen MR) is 139 cm³/mol. The van der Waals surface area contributed by atoms with Crippen LogP contribution in [0.3, 0.4) is 0 Å². The summed E-state index contributed by atoms with van der Waals surface area (Å²) in [5.74, 6) is 0.847. The number of nitrogens with zero attached hydrogens (tertiary/aromatic N) is 4. The first-order chi connectivity index (χ1) is 14.7. The number of hydrogen-bond donors (Lipinski definition) is 2. The molecule has 0 aliphatic carbocycles. The van der Waals surface area contributed by atoms with Crippen LogP contribution in [-0.4, -0.2) is 47.3 Å². The van der Waals surface area contributed by atoms with Gasteiger partial charge in [-0.2, -0.15) is 5.10 Å². The molecule has 2 N–H and O–H groups in total. The van der Waals surface area contributed by atoms with Gasteiger partial charge in [0, 0.05) is 38.6 Å². The number of aliphatic imine (C=N–C) groups is 1. The Labute approximate surface area is 202 Å². The summed E-state index contributed by atoms with van der Waals surface area (Å²) in [5.41, 5.74) is 3.78. The monoisotopic (exact) mass is 532 g/mol. The smallest absolute Gasteiger partial charge is 0.191 e. The topological polar surface area (TPSA) is 57.5 Å². The summed E-state index contributed by atoms with van der Waals surface area (Å²) in [7, 11) is 2.14. The summed E-state index contributed by atoms with van der Waals surface area (Å²) in [5, 5.41) is 11.1. The lowest BCUT2D eigenvalue weighted by Gasteiger charge is -2.18. The van der Waals surface area contributed by atoms with Crippen molar-refractivity contribution in [3.63, 3.8) is 0 Å². The van der Waals surface area contributed by atoms with E-state index in [2.05, 4.69) is 89.2 Å². The standard InChI is InChI=1S/C24H32N6.HI/c1-3-25-24(26-15-17-29(2)19-21-10-5-4-6-11-21)27-18-22-12-7-8-13-23(22)20-30-16-9-14-28-30;/h4-14,16H,3,15,17-20H2,1-2H3,(H2,25,26,27);1H. The number of likely N-dealkylation sites (N-methyl/N-ethyl adjacent to an activating group) is 1. The quantitative estimate of drug-likeness (QED) is 0.238. The highest BCUT2D eigenvalue weighted by Crippen LogP contribution is 2.11. The van der Waals surface area contributed by atoms with Crippen molar-refractivity contribution in [3.05, 3.63) is 89.7 Å². The van der Waals surface area contributed by atoms with Gasteiger partial charge in [0.05, 0.1) is 13.1 Å². The van der Waals surface area contributed by atoms with Crippen LogP contribution in [0.1, 0.15) is 23.6 Å². The molecular weight excluding hydrogens is 499 g/mol. The first kappa shape index (κ1) is 24.9. The van der Waals surface area contributed by atoms with Crippen molar-refractivity contribution < 1.29 is 0 Å².